The molecule has 1 aromatic carbocycles. The number of ether oxygens (including phenoxy) is 1. The highest BCUT2D eigenvalue weighted by Crippen LogP contribution is 2.31. The van der Waals surface area contributed by atoms with E-state index in [9.17, 15) is 19.1 Å². The van der Waals surface area contributed by atoms with Crippen molar-refractivity contribution in [3.8, 4) is 5.88 Å². The maximum atomic E-state index is 13.8. The van der Waals surface area contributed by atoms with Gasteiger partial charge in [0.05, 0.1) is 6.33 Å². The fourth-order valence-corrected chi connectivity index (χ4v) is 3.19. The van der Waals surface area contributed by atoms with E-state index in [1.165, 1.54) is 18.5 Å². The fourth-order valence-electron chi connectivity index (χ4n) is 2.31. The molecule has 0 aliphatic carbocycles. The lowest BCUT2D eigenvalue weighted by Crippen LogP contribution is -2.30. The molecule has 2 amide bonds. The third-order valence-electron chi connectivity index (χ3n) is 3.72. The number of anilines is 1. The lowest BCUT2D eigenvalue weighted by atomic mass is 10.2. The predicted molar refractivity (Wildman–Crippen MR) is 104 cm³/mol. The van der Waals surface area contributed by atoms with Crippen LogP contribution in [0.25, 0.3) is 0 Å². The van der Waals surface area contributed by atoms with Crippen LogP contribution in [0.4, 0.5) is 14.2 Å². The SMILES string of the molecule is O=C(NCCc1cnc[nH]1)Nc1snc(OCc2ccc(Cl)cc2F)c1C(=O)O. The molecule has 0 spiro atoms. The molecule has 0 radical (unpaired) electrons. The van der Waals surface area contributed by atoms with Crippen molar-refractivity contribution >= 4 is 40.1 Å². The number of benzene rings is 1. The van der Waals surface area contributed by atoms with Crippen LogP contribution in [0.3, 0.4) is 0 Å². The number of rotatable bonds is 8. The number of hydrogen-bond donors (Lipinski definition) is 4. The molecule has 0 saturated carbocycles. The van der Waals surface area contributed by atoms with Gasteiger partial charge in [0.2, 0.25) is 5.88 Å². The van der Waals surface area contributed by atoms with Gasteiger partial charge < -0.3 is 20.1 Å². The fraction of sp³-hybridized carbons (Fsp3) is 0.176. The maximum Gasteiger partial charge on any atom is 0.344 e. The van der Waals surface area contributed by atoms with Crippen molar-refractivity contribution in [1.82, 2.24) is 19.7 Å². The lowest BCUT2D eigenvalue weighted by molar-refractivity contribution is 0.0693. The second kappa shape index (κ2) is 9.34. The second-order valence-electron chi connectivity index (χ2n) is 5.73. The van der Waals surface area contributed by atoms with Crippen molar-refractivity contribution in [1.29, 1.82) is 0 Å². The van der Waals surface area contributed by atoms with Crippen molar-refractivity contribution < 1.29 is 23.8 Å². The number of nitrogens with zero attached hydrogens (tertiary/aromatic N) is 2. The molecule has 2 aromatic heterocycles. The molecule has 0 bridgehead atoms. The number of carbonyl (C=O) groups excluding carboxylic acids is 1. The number of aromatic nitrogens is 3. The molecule has 29 heavy (non-hydrogen) atoms. The number of amides is 2. The van der Waals surface area contributed by atoms with E-state index in [0.29, 0.717) is 13.0 Å². The first kappa shape index (κ1) is 20.6. The van der Waals surface area contributed by atoms with Crippen LogP contribution in [0.1, 0.15) is 21.6 Å². The van der Waals surface area contributed by atoms with E-state index >= 15 is 0 Å². The van der Waals surface area contributed by atoms with Gasteiger partial charge in [-0.05, 0) is 23.7 Å². The number of aromatic carboxylic acids is 1. The zero-order valence-electron chi connectivity index (χ0n) is 14.7. The average Bonchev–Trinajstić information content (AvgIpc) is 3.31. The highest BCUT2D eigenvalue weighted by atomic mass is 35.5. The summed E-state index contributed by atoms with van der Waals surface area (Å²) in [6.07, 6.45) is 3.70. The summed E-state index contributed by atoms with van der Waals surface area (Å²) in [6, 6.07) is 3.45. The van der Waals surface area contributed by atoms with Gasteiger partial charge in [0.1, 0.15) is 17.4 Å². The number of imidazole rings is 1. The Bertz CT molecular complexity index is 1010. The van der Waals surface area contributed by atoms with Gasteiger partial charge in [-0.2, -0.15) is 4.37 Å². The van der Waals surface area contributed by atoms with E-state index in [4.69, 9.17) is 16.3 Å². The number of carboxylic acids is 1. The molecule has 0 aliphatic heterocycles. The van der Waals surface area contributed by atoms with Crippen molar-refractivity contribution in [2.75, 3.05) is 11.9 Å². The number of nitrogens with one attached hydrogen (secondary N) is 3. The number of hydrogen-bond acceptors (Lipinski definition) is 6. The molecule has 0 atom stereocenters. The number of halogens is 2. The molecule has 3 aromatic rings. The van der Waals surface area contributed by atoms with E-state index in [0.717, 1.165) is 23.3 Å². The molecule has 0 fully saturated rings. The number of carboxylic acid groups (broad SMARTS) is 1. The van der Waals surface area contributed by atoms with Crippen LogP contribution in [0.5, 0.6) is 5.88 Å². The van der Waals surface area contributed by atoms with Gasteiger partial charge in [0.15, 0.2) is 5.56 Å². The zero-order chi connectivity index (χ0) is 20.8. The van der Waals surface area contributed by atoms with Crippen molar-refractivity contribution in [3.63, 3.8) is 0 Å². The van der Waals surface area contributed by atoms with Crippen molar-refractivity contribution in [2.45, 2.75) is 13.0 Å². The summed E-state index contributed by atoms with van der Waals surface area (Å²) in [5.41, 5.74) is 0.720. The quantitative estimate of drug-likeness (QED) is 0.426. The highest BCUT2D eigenvalue weighted by Gasteiger charge is 2.23. The standard InChI is InChI=1S/C17H15ClFN5O4S/c18-10-2-1-9(12(19)5-10)7-28-14-13(16(25)26)15(29-24-14)23-17(27)21-4-3-11-6-20-8-22-11/h1-2,5-6,8H,3-4,7H2,(H,20,22)(H,25,26)(H2,21,23,27). The Morgan fingerprint density at radius 1 is 1.38 bits per heavy atom. The molecule has 12 heteroatoms. The molecule has 4 N–H and O–H groups in total. The molecule has 0 unspecified atom stereocenters. The highest BCUT2D eigenvalue weighted by molar-refractivity contribution is 7.11. The van der Waals surface area contributed by atoms with Crippen LogP contribution in [0.15, 0.2) is 30.7 Å². The van der Waals surface area contributed by atoms with Gasteiger partial charge in [-0.25, -0.2) is 19.0 Å². The molecular formula is C17H15ClFN5O4S. The monoisotopic (exact) mass is 439 g/mol. The third-order valence-corrected chi connectivity index (χ3v) is 4.70. The first-order chi connectivity index (χ1) is 13.9. The van der Waals surface area contributed by atoms with E-state index in [2.05, 4.69) is 25.0 Å². The first-order valence-electron chi connectivity index (χ1n) is 8.26. The van der Waals surface area contributed by atoms with Gasteiger partial charge in [-0.3, -0.25) is 5.32 Å². The van der Waals surface area contributed by atoms with Crippen LogP contribution in [0, 0.1) is 5.82 Å². The van der Waals surface area contributed by atoms with E-state index in [1.54, 1.807) is 6.20 Å². The minimum absolute atomic E-state index is 0.00289. The minimum atomic E-state index is -1.34. The summed E-state index contributed by atoms with van der Waals surface area (Å²) in [4.78, 5) is 30.4. The molecule has 152 valence electrons. The molecule has 0 saturated heterocycles. The van der Waals surface area contributed by atoms with Crippen LogP contribution in [0.2, 0.25) is 5.02 Å². The minimum Gasteiger partial charge on any atom is -0.477 e. The molecule has 9 nitrogen and oxygen atoms in total. The largest absolute Gasteiger partial charge is 0.477 e. The molecule has 0 aliphatic rings. The van der Waals surface area contributed by atoms with Crippen LogP contribution in [-0.2, 0) is 13.0 Å². The van der Waals surface area contributed by atoms with Crippen LogP contribution >= 0.6 is 23.1 Å². The van der Waals surface area contributed by atoms with Crippen LogP contribution < -0.4 is 15.4 Å². The lowest BCUT2D eigenvalue weighted by Gasteiger charge is -2.08. The predicted octanol–water partition coefficient (Wildman–Crippen LogP) is 3.30. The Morgan fingerprint density at radius 3 is 2.90 bits per heavy atom. The molecule has 2 heterocycles. The normalized spacial score (nSPS) is 10.6. The van der Waals surface area contributed by atoms with E-state index in [1.807, 2.05) is 0 Å². The number of urea groups is 1. The summed E-state index contributed by atoms with van der Waals surface area (Å²) in [7, 11) is 0. The summed E-state index contributed by atoms with van der Waals surface area (Å²) < 4.78 is 23.1. The summed E-state index contributed by atoms with van der Waals surface area (Å²) >= 11 is 6.44. The summed E-state index contributed by atoms with van der Waals surface area (Å²) in [5.74, 6) is -2.14. The Labute approximate surface area is 173 Å². The number of H-pyrrole nitrogens is 1. The Kier molecular flexibility index (Phi) is 6.62. The number of aromatic amines is 1. The molecular weight excluding hydrogens is 425 g/mol. The average molecular weight is 440 g/mol. The van der Waals surface area contributed by atoms with Crippen LogP contribution in [-0.4, -0.2) is 38.0 Å². The smallest absolute Gasteiger partial charge is 0.344 e. The number of carbonyl (C=O) groups is 2. The molecule has 3 rings (SSSR count). The second-order valence-corrected chi connectivity index (χ2v) is 6.94. The third kappa shape index (κ3) is 5.42. The first-order valence-corrected chi connectivity index (χ1v) is 9.41. The van der Waals surface area contributed by atoms with Gasteiger partial charge in [0, 0.05) is 35.4 Å². The van der Waals surface area contributed by atoms with Gasteiger partial charge in [0.25, 0.3) is 0 Å². The van der Waals surface area contributed by atoms with E-state index in [-0.39, 0.29) is 33.6 Å². The Balaban J connectivity index is 1.61. The summed E-state index contributed by atoms with van der Waals surface area (Å²) in [5, 5.41) is 14.7. The van der Waals surface area contributed by atoms with Gasteiger partial charge >= 0.3 is 12.0 Å². The maximum absolute atomic E-state index is 13.8. The topological polar surface area (TPSA) is 129 Å². The van der Waals surface area contributed by atoms with E-state index < -0.39 is 17.8 Å². The van der Waals surface area contributed by atoms with Crippen molar-refractivity contribution in [3.05, 3.63) is 58.4 Å². The van der Waals surface area contributed by atoms with Crippen molar-refractivity contribution in [2.24, 2.45) is 0 Å². The van der Waals surface area contributed by atoms with Gasteiger partial charge in [-0.1, -0.05) is 17.7 Å². The summed E-state index contributed by atoms with van der Waals surface area (Å²) in [6.45, 7) is 0.0667. The Hall–Kier alpha value is -3.18. The van der Waals surface area contributed by atoms with Gasteiger partial charge in [-0.15, -0.1) is 0 Å². The zero-order valence-corrected chi connectivity index (χ0v) is 16.3. The Morgan fingerprint density at radius 2 is 2.21 bits per heavy atom.